The average molecular weight is 463 g/mol. The molecule has 3 heterocycles. The van der Waals surface area contributed by atoms with Crippen LogP contribution in [-0.4, -0.2) is 47.7 Å². The number of piperidine rings is 1. The number of fused-ring (bicyclic) bond motifs is 1. The summed E-state index contributed by atoms with van der Waals surface area (Å²) in [7, 11) is 0. The van der Waals surface area contributed by atoms with Gasteiger partial charge in [0.2, 0.25) is 5.91 Å². The molecule has 1 amide bonds. The SMILES string of the molecule is O=C(c1ccc(F)cc1)C1CCN(CC(=O)N2CCc3sccc3C2c2ccccc2)CC1. The van der Waals surface area contributed by atoms with Gasteiger partial charge in [-0.15, -0.1) is 11.3 Å². The van der Waals surface area contributed by atoms with Gasteiger partial charge in [0, 0.05) is 22.9 Å². The second-order valence-corrected chi connectivity index (χ2v) is 9.87. The van der Waals surface area contributed by atoms with Gasteiger partial charge < -0.3 is 4.90 Å². The molecule has 0 N–H and O–H groups in total. The first-order valence-corrected chi connectivity index (χ1v) is 12.4. The molecule has 0 aliphatic carbocycles. The van der Waals surface area contributed by atoms with Gasteiger partial charge in [-0.1, -0.05) is 30.3 Å². The summed E-state index contributed by atoms with van der Waals surface area (Å²) in [5, 5.41) is 2.12. The number of nitrogens with zero attached hydrogens (tertiary/aromatic N) is 2. The standard InChI is InChI=1S/C27H27FN2O2S/c28-22-8-6-20(7-9-22)27(32)21-10-14-29(15-11-21)18-25(31)30-16-12-24-23(13-17-33-24)26(30)19-4-2-1-3-5-19/h1-9,13,17,21,26H,10-12,14-16,18H2. The van der Waals surface area contributed by atoms with Crippen LogP contribution in [0.5, 0.6) is 0 Å². The molecule has 0 radical (unpaired) electrons. The molecule has 170 valence electrons. The van der Waals surface area contributed by atoms with Crippen LogP contribution in [0.2, 0.25) is 0 Å². The van der Waals surface area contributed by atoms with Crippen molar-refractivity contribution in [2.75, 3.05) is 26.2 Å². The van der Waals surface area contributed by atoms with Crippen LogP contribution in [0.1, 0.15) is 45.2 Å². The molecule has 0 bridgehead atoms. The third-order valence-corrected chi connectivity index (χ3v) is 7.84. The van der Waals surface area contributed by atoms with E-state index < -0.39 is 0 Å². The predicted octanol–water partition coefficient (Wildman–Crippen LogP) is 4.96. The van der Waals surface area contributed by atoms with E-state index in [9.17, 15) is 14.0 Å². The van der Waals surface area contributed by atoms with Gasteiger partial charge in [0.15, 0.2) is 5.78 Å². The zero-order valence-electron chi connectivity index (χ0n) is 18.5. The van der Waals surface area contributed by atoms with Crippen LogP contribution in [0, 0.1) is 11.7 Å². The number of hydrogen-bond acceptors (Lipinski definition) is 4. The maximum absolute atomic E-state index is 13.4. The average Bonchev–Trinajstić information content (AvgIpc) is 3.33. The van der Waals surface area contributed by atoms with E-state index >= 15 is 0 Å². The van der Waals surface area contributed by atoms with Crippen molar-refractivity contribution in [2.45, 2.75) is 25.3 Å². The van der Waals surface area contributed by atoms with Gasteiger partial charge in [-0.05, 0) is 79.2 Å². The van der Waals surface area contributed by atoms with Crippen molar-refractivity contribution in [1.29, 1.82) is 0 Å². The second-order valence-electron chi connectivity index (χ2n) is 8.87. The van der Waals surface area contributed by atoms with Crippen molar-refractivity contribution in [1.82, 2.24) is 9.80 Å². The van der Waals surface area contributed by atoms with Crippen molar-refractivity contribution in [3.05, 3.63) is 93.4 Å². The minimum absolute atomic E-state index is 0.0358. The largest absolute Gasteiger partial charge is 0.330 e. The number of rotatable bonds is 5. The molecule has 2 aliphatic heterocycles. The molecule has 1 fully saturated rings. The third-order valence-electron chi connectivity index (χ3n) is 6.85. The predicted molar refractivity (Wildman–Crippen MR) is 128 cm³/mol. The first-order chi connectivity index (χ1) is 16.1. The number of Topliss-reactive ketones (excluding diaryl/α,β-unsaturated/α-hetero) is 1. The van der Waals surface area contributed by atoms with E-state index in [0.717, 1.165) is 44.5 Å². The van der Waals surface area contributed by atoms with Crippen LogP contribution in [-0.2, 0) is 11.2 Å². The van der Waals surface area contributed by atoms with Crippen LogP contribution in [0.15, 0.2) is 66.0 Å². The Labute approximate surface area is 197 Å². The van der Waals surface area contributed by atoms with Gasteiger partial charge >= 0.3 is 0 Å². The summed E-state index contributed by atoms with van der Waals surface area (Å²) in [5.41, 5.74) is 2.96. The molecule has 6 heteroatoms. The summed E-state index contributed by atoms with van der Waals surface area (Å²) in [6, 6.07) is 18.2. The van der Waals surface area contributed by atoms with Crippen molar-refractivity contribution in [2.24, 2.45) is 5.92 Å². The van der Waals surface area contributed by atoms with Gasteiger partial charge in [0.1, 0.15) is 5.82 Å². The fourth-order valence-electron chi connectivity index (χ4n) is 5.07. The van der Waals surface area contributed by atoms with E-state index in [1.807, 2.05) is 23.1 Å². The maximum atomic E-state index is 13.4. The highest BCUT2D eigenvalue weighted by Gasteiger charge is 2.34. The number of benzene rings is 2. The molecule has 4 nitrogen and oxygen atoms in total. The molecule has 1 saturated heterocycles. The molecule has 1 aromatic heterocycles. The molecular formula is C27H27FN2O2S. The summed E-state index contributed by atoms with van der Waals surface area (Å²) >= 11 is 1.77. The minimum atomic E-state index is -0.332. The van der Waals surface area contributed by atoms with Crippen LogP contribution >= 0.6 is 11.3 Å². The van der Waals surface area contributed by atoms with Crippen LogP contribution < -0.4 is 0 Å². The lowest BCUT2D eigenvalue weighted by Gasteiger charge is -2.38. The number of carbonyl (C=O) groups excluding carboxylic acids is 2. The first kappa shape index (κ1) is 22.0. The van der Waals surface area contributed by atoms with E-state index in [4.69, 9.17) is 0 Å². The molecule has 1 atom stereocenters. The maximum Gasteiger partial charge on any atom is 0.237 e. The van der Waals surface area contributed by atoms with Gasteiger partial charge in [0.05, 0.1) is 12.6 Å². The molecule has 2 aromatic carbocycles. The van der Waals surface area contributed by atoms with Crippen molar-refractivity contribution in [3.63, 3.8) is 0 Å². The lowest BCUT2D eigenvalue weighted by molar-refractivity contribution is -0.134. The number of carbonyl (C=O) groups is 2. The van der Waals surface area contributed by atoms with Crippen LogP contribution in [0.4, 0.5) is 4.39 Å². The summed E-state index contributed by atoms with van der Waals surface area (Å²) in [4.78, 5) is 31.8. The Kier molecular flexibility index (Phi) is 6.38. The van der Waals surface area contributed by atoms with E-state index in [1.165, 1.54) is 22.6 Å². The topological polar surface area (TPSA) is 40.6 Å². The van der Waals surface area contributed by atoms with Gasteiger partial charge in [-0.25, -0.2) is 4.39 Å². The lowest BCUT2D eigenvalue weighted by Crippen LogP contribution is -2.47. The van der Waals surface area contributed by atoms with Crippen LogP contribution in [0.3, 0.4) is 0 Å². The number of amides is 1. The van der Waals surface area contributed by atoms with Crippen molar-refractivity contribution >= 4 is 23.0 Å². The Hall–Kier alpha value is -2.83. The highest BCUT2D eigenvalue weighted by atomic mass is 32.1. The Morgan fingerprint density at radius 1 is 0.939 bits per heavy atom. The molecule has 0 spiro atoms. The van der Waals surface area contributed by atoms with Gasteiger partial charge in [-0.3, -0.25) is 14.5 Å². The molecular weight excluding hydrogens is 435 g/mol. The van der Waals surface area contributed by atoms with Gasteiger partial charge in [0.25, 0.3) is 0 Å². The molecule has 33 heavy (non-hydrogen) atoms. The zero-order chi connectivity index (χ0) is 22.8. The Balaban J connectivity index is 1.23. The fraction of sp³-hybridized carbons (Fsp3) is 0.333. The Morgan fingerprint density at radius 3 is 2.39 bits per heavy atom. The number of thiophene rings is 1. The highest BCUT2D eigenvalue weighted by molar-refractivity contribution is 7.10. The summed E-state index contributed by atoms with van der Waals surface area (Å²) in [6.45, 7) is 2.54. The molecule has 0 saturated carbocycles. The van der Waals surface area contributed by atoms with Crippen LogP contribution in [0.25, 0.3) is 0 Å². The van der Waals surface area contributed by atoms with E-state index in [1.54, 1.807) is 23.5 Å². The minimum Gasteiger partial charge on any atom is -0.330 e. The van der Waals surface area contributed by atoms with Gasteiger partial charge in [-0.2, -0.15) is 0 Å². The monoisotopic (exact) mass is 462 g/mol. The number of likely N-dealkylation sites (tertiary alicyclic amines) is 1. The summed E-state index contributed by atoms with van der Waals surface area (Å²) in [5.74, 6) is -0.182. The first-order valence-electron chi connectivity index (χ1n) is 11.5. The number of hydrogen-bond donors (Lipinski definition) is 0. The van der Waals surface area contributed by atoms with Crippen molar-refractivity contribution in [3.8, 4) is 0 Å². The van der Waals surface area contributed by atoms with Crippen molar-refractivity contribution < 1.29 is 14.0 Å². The number of halogens is 1. The van der Waals surface area contributed by atoms with E-state index in [-0.39, 0.29) is 29.5 Å². The third kappa shape index (κ3) is 4.63. The highest BCUT2D eigenvalue weighted by Crippen LogP contribution is 2.37. The van der Waals surface area contributed by atoms with E-state index in [2.05, 4.69) is 28.5 Å². The molecule has 1 unspecified atom stereocenters. The van der Waals surface area contributed by atoms with E-state index in [0.29, 0.717) is 12.1 Å². The Bertz CT molecular complexity index is 1120. The normalized spacial score (nSPS) is 19.3. The quantitative estimate of drug-likeness (QED) is 0.504. The summed E-state index contributed by atoms with van der Waals surface area (Å²) < 4.78 is 13.2. The smallest absolute Gasteiger partial charge is 0.237 e. The number of ketones is 1. The summed E-state index contributed by atoms with van der Waals surface area (Å²) in [6.07, 6.45) is 2.34. The second kappa shape index (κ2) is 9.57. The molecule has 3 aromatic rings. The Morgan fingerprint density at radius 2 is 1.67 bits per heavy atom. The molecule has 2 aliphatic rings. The zero-order valence-corrected chi connectivity index (χ0v) is 19.3. The fourth-order valence-corrected chi connectivity index (χ4v) is 5.97. The molecule has 5 rings (SSSR count). The lowest BCUT2D eigenvalue weighted by atomic mass is 9.89.